The molecule has 4 heteroatoms. The monoisotopic (exact) mass is 358 g/mol. The van der Waals surface area contributed by atoms with Crippen LogP contribution in [0.2, 0.25) is 0 Å². The van der Waals surface area contributed by atoms with Gasteiger partial charge in [0.1, 0.15) is 0 Å². The van der Waals surface area contributed by atoms with Crippen molar-refractivity contribution >= 4 is 8.60 Å². The molecule has 142 valence electrons. The Morgan fingerprint density at radius 3 is 1.46 bits per heavy atom. The number of rotatable bonds is 6. The van der Waals surface area contributed by atoms with Crippen LogP contribution >= 0.6 is 8.60 Å². The van der Waals surface area contributed by atoms with Gasteiger partial charge < -0.3 is 13.9 Å². The second-order valence-electron chi connectivity index (χ2n) is 9.18. The molecule has 24 heavy (non-hydrogen) atoms. The van der Waals surface area contributed by atoms with E-state index in [0.29, 0.717) is 35.5 Å². The van der Waals surface area contributed by atoms with Gasteiger partial charge in [0.15, 0.2) is 0 Å². The van der Waals surface area contributed by atoms with E-state index in [1.165, 1.54) is 25.7 Å². The van der Waals surface area contributed by atoms with Gasteiger partial charge in [-0.1, -0.05) is 54.4 Å². The van der Waals surface area contributed by atoms with Crippen LogP contribution in [0.25, 0.3) is 0 Å². The molecule has 1 N–H and O–H groups in total. The molecule has 0 saturated heterocycles. The fraction of sp³-hybridized carbons (Fsp3) is 1.00. The first kappa shape index (κ1) is 20.6. The van der Waals surface area contributed by atoms with Gasteiger partial charge in [-0.3, -0.25) is 0 Å². The third kappa shape index (κ3) is 5.66. The van der Waals surface area contributed by atoms with Gasteiger partial charge in [0.2, 0.25) is 0 Å². The predicted octanol–water partition coefficient (Wildman–Crippen LogP) is 6.16. The van der Waals surface area contributed by atoms with Crippen LogP contribution in [0.3, 0.4) is 0 Å². The minimum absolute atomic E-state index is 0.156. The summed E-state index contributed by atoms with van der Waals surface area (Å²) >= 11 is 0. The normalized spacial score (nSPS) is 38.2. The summed E-state index contributed by atoms with van der Waals surface area (Å²) < 4.78 is 12.2. The van der Waals surface area contributed by atoms with E-state index in [0.717, 1.165) is 12.8 Å². The summed E-state index contributed by atoms with van der Waals surface area (Å²) in [6, 6.07) is 0. The molecule has 0 aromatic heterocycles. The lowest BCUT2D eigenvalue weighted by Crippen LogP contribution is -2.35. The minimum atomic E-state index is -1.77. The van der Waals surface area contributed by atoms with Gasteiger partial charge >= 0.3 is 8.60 Å². The van der Waals surface area contributed by atoms with Crippen molar-refractivity contribution < 1.29 is 13.9 Å². The molecular weight excluding hydrogens is 319 g/mol. The highest BCUT2D eigenvalue weighted by molar-refractivity contribution is 7.40. The molecule has 0 bridgehead atoms. The Morgan fingerprint density at radius 2 is 1.12 bits per heavy atom. The Morgan fingerprint density at radius 1 is 0.750 bits per heavy atom. The van der Waals surface area contributed by atoms with Gasteiger partial charge in [0, 0.05) is 0 Å². The highest BCUT2D eigenvalue weighted by atomic mass is 31.2. The first-order valence-corrected chi connectivity index (χ1v) is 11.2. The fourth-order valence-electron chi connectivity index (χ4n) is 4.73. The standard InChI is InChI=1S/C20H39O3P/c1-13(2)17-9-7-15(5)11-19(17)22-24(21)23-20-12-16(6)8-10-18(20)14(3)4/h13-21H,7-12H2,1-6H3/t15-,16-,17+,18+,19-,20-/m1/s1. The second-order valence-corrected chi connectivity index (χ2v) is 10.1. The maximum atomic E-state index is 10.5. The maximum absolute atomic E-state index is 10.5. The smallest absolute Gasteiger partial charge is 0.328 e. The Hall–Kier alpha value is 0.310. The van der Waals surface area contributed by atoms with Crippen molar-refractivity contribution in [1.82, 2.24) is 0 Å². The average Bonchev–Trinajstić information content (AvgIpc) is 2.46. The third-order valence-electron chi connectivity index (χ3n) is 6.37. The molecule has 2 saturated carbocycles. The quantitative estimate of drug-likeness (QED) is 0.578. The summed E-state index contributed by atoms with van der Waals surface area (Å²) in [6.07, 6.45) is 7.40. The molecule has 0 unspecified atom stereocenters. The summed E-state index contributed by atoms with van der Waals surface area (Å²) in [7, 11) is -1.77. The van der Waals surface area contributed by atoms with Gasteiger partial charge in [-0.15, -0.1) is 0 Å². The molecule has 0 aromatic carbocycles. The van der Waals surface area contributed by atoms with Crippen molar-refractivity contribution in [2.24, 2.45) is 35.5 Å². The zero-order valence-electron chi connectivity index (χ0n) is 16.6. The third-order valence-corrected chi connectivity index (χ3v) is 7.28. The molecule has 2 aliphatic carbocycles. The van der Waals surface area contributed by atoms with Gasteiger partial charge in [-0.25, -0.2) is 0 Å². The van der Waals surface area contributed by atoms with Gasteiger partial charge in [-0.05, 0) is 61.2 Å². The molecule has 2 fully saturated rings. The minimum Gasteiger partial charge on any atom is -0.328 e. The summed E-state index contributed by atoms with van der Waals surface area (Å²) in [4.78, 5) is 10.5. The van der Waals surface area contributed by atoms with E-state index < -0.39 is 8.60 Å². The summed E-state index contributed by atoms with van der Waals surface area (Å²) in [5, 5.41) is 0. The van der Waals surface area contributed by atoms with E-state index in [1.807, 2.05) is 0 Å². The van der Waals surface area contributed by atoms with Crippen LogP contribution in [0.4, 0.5) is 0 Å². The van der Waals surface area contributed by atoms with Gasteiger partial charge in [0.05, 0.1) is 12.2 Å². The summed E-state index contributed by atoms with van der Waals surface area (Å²) in [5.41, 5.74) is 0. The van der Waals surface area contributed by atoms with E-state index in [9.17, 15) is 4.89 Å². The Kier molecular flexibility index (Phi) is 8.00. The Balaban J connectivity index is 1.93. The first-order valence-electron chi connectivity index (χ1n) is 10.1. The highest BCUT2D eigenvalue weighted by Gasteiger charge is 2.37. The molecule has 3 nitrogen and oxygen atoms in total. The van der Waals surface area contributed by atoms with Crippen LogP contribution < -0.4 is 0 Å². The highest BCUT2D eigenvalue weighted by Crippen LogP contribution is 2.47. The van der Waals surface area contributed by atoms with Crippen LogP contribution in [-0.4, -0.2) is 17.1 Å². The molecule has 2 aliphatic rings. The molecule has 0 aromatic rings. The van der Waals surface area contributed by atoms with E-state index >= 15 is 0 Å². The van der Waals surface area contributed by atoms with Crippen LogP contribution in [0, 0.1) is 35.5 Å². The lowest BCUT2D eigenvalue weighted by Gasteiger charge is -2.40. The number of hydrogen-bond donors (Lipinski definition) is 1. The lowest BCUT2D eigenvalue weighted by atomic mass is 9.75. The molecule has 0 heterocycles. The molecule has 0 amide bonds. The fourth-order valence-corrected chi connectivity index (χ4v) is 5.73. The molecule has 2 rings (SSSR count). The van der Waals surface area contributed by atoms with Gasteiger partial charge in [-0.2, -0.15) is 0 Å². The van der Waals surface area contributed by atoms with Crippen molar-refractivity contribution in [3.05, 3.63) is 0 Å². The van der Waals surface area contributed by atoms with Crippen LogP contribution in [-0.2, 0) is 9.05 Å². The Labute approximate surface area is 150 Å². The van der Waals surface area contributed by atoms with E-state index in [1.54, 1.807) is 0 Å². The largest absolute Gasteiger partial charge is 0.330 e. The van der Waals surface area contributed by atoms with Gasteiger partial charge in [0.25, 0.3) is 0 Å². The molecular formula is C20H39O3P. The summed E-state index contributed by atoms with van der Waals surface area (Å²) in [6.45, 7) is 13.7. The lowest BCUT2D eigenvalue weighted by molar-refractivity contribution is -0.00447. The predicted molar refractivity (Wildman–Crippen MR) is 102 cm³/mol. The van der Waals surface area contributed by atoms with E-state index in [4.69, 9.17) is 9.05 Å². The molecule has 0 radical (unpaired) electrons. The van der Waals surface area contributed by atoms with E-state index in [-0.39, 0.29) is 12.2 Å². The topological polar surface area (TPSA) is 38.7 Å². The Bertz CT molecular complexity index is 340. The number of hydrogen-bond acceptors (Lipinski definition) is 3. The average molecular weight is 359 g/mol. The molecule has 6 atom stereocenters. The van der Waals surface area contributed by atoms with Crippen LogP contribution in [0.15, 0.2) is 0 Å². The zero-order valence-corrected chi connectivity index (χ0v) is 17.5. The SMILES string of the molecule is CC(C)[C@@H]1CC[C@@H](C)C[C@H]1OP(O)O[C@@H]1C[C@H](C)CC[C@H]1C(C)C. The van der Waals surface area contributed by atoms with Crippen LogP contribution in [0.5, 0.6) is 0 Å². The second kappa shape index (κ2) is 9.31. The van der Waals surface area contributed by atoms with E-state index in [2.05, 4.69) is 41.5 Å². The summed E-state index contributed by atoms with van der Waals surface area (Å²) in [5.74, 6) is 3.67. The van der Waals surface area contributed by atoms with Crippen molar-refractivity contribution in [2.45, 2.75) is 92.3 Å². The first-order chi connectivity index (χ1) is 11.3. The van der Waals surface area contributed by atoms with Crippen molar-refractivity contribution in [3.8, 4) is 0 Å². The molecule has 0 aliphatic heterocycles. The van der Waals surface area contributed by atoms with Crippen LogP contribution in [0.1, 0.15) is 80.1 Å². The van der Waals surface area contributed by atoms with Crippen molar-refractivity contribution in [2.75, 3.05) is 0 Å². The maximum Gasteiger partial charge on any atom is 0.330 e. The zero-order chi connectivity index (χ0) is 17.9. The van der Waals surface area contributed by atoms with Crippen molar-refractivity contribution in [3.63, 3.8) is 0 Å². The van der Waals surface area contributed by atoms with Crippen molar-refractivity contribution in [1.29, 1.82) is 0 Å². The molecule has 0 spiro atoms.